The molecule has 5 aromatic carbocycles. The number of phenols is 4. The minimum absolute atomic E-state index is 0.0442. The molecule has 0 radical (unpaired) electrons. The average Bonchev–Trinajstić information content (AvgIpc) is 3.01. The summed E-state index contributed by atoms with van der Waals surface area (Å²) in [5, 5.41) is 44.5. The molecule has 0 spiro atoms. The van der Waals surface area contributed by atoms with Gasteiger partial charge in [-0.2, -0.15) is 0 Å². The van der Waals surface area contributed by atoms with Crippen molar-refractivity contribution in [3.63, 3.8) is 0 Å². The molecule has 6 rings (SSSR count). The minimum atomic E-state index is -0.507. The summed E-state index contributed by atoms with van der Waals surface area (Å²) in [6.07, 6.45) is 6.23. The largest absolute Gasteiger partial charge is 0.507 e. The second-order valence-electron chi connectivity index (χ2n) is 11.0. The summed E-state index contributed by atoms with van der Waals surface area (Å²) in [6.45, 7) is 0. The van der Waals surface area contributed by atoms with Gasteiger partial charge in [-0.3, -0.25) is 0 Å². The highest BCUT2D eigenvalue weighted by atomic mass is 16.3. The normalized spacial score (nSPS) is 13.9. The van der Waals surface area contributed by atoms with E-state index in [1.54, 1.807) is 48.5 Å². The lowest BCUT2D eigenvalue weighted by Gasteiger charge is -2.25. The summed E-state index contributed by atoms with van der Waals surface area (Å²) in [5.74, 6) is 0.305. The van der Waals surface area contributed by atoms with Crippen molar-refractivity contribution in [2.24, 2.45) is 0 Å². The van der Waals surface area contributed by atoms with Crippen LogP contribution in [0.4, 0.5) is 0 Å². The standard InChI is InChI=1S/C37H34O4/c38-33-18-6-4-12-27(33)29-14-8-16-31(36(29)40)35(26-22-20-25(21-23-26)24-10-2-1-3-11-24)32-17-9-15-30(37(32)41)28-13-5-7-19-34(28)39/h4-9,12-24,35,38-41H,1-3,10-11H2. The Morgan fingerprint density at radius 2 is 0.927 bits per heavy atom. The van der Waals surface area contributed by atoms with Gasteiger partial charge in [-0.05, 0) is 42.0 Å². The topological polar surface area (TPSA) is 80.9 Å². The first-order valence-corrected chi connectivity index (χ1v) is 14.3. The Labute approximate surface area is 240 Å². The van der Waals surface area contributed by atoms with Crippen LogP contribution in [0.1, 0.15) is 66.2 Å². The number of phenolic OH excluding ortho intramolecular Hbond substituents is 4. The third kappa shape index (κ3) is 5.14. The zero-order valence-corrected chi connectivity index (χ0v) is 22.9. The smallest absolute Gasteiger partial charge is 0.127 e. The van der Waals surface area contributed by atoms with Crippen LogP contribution in [0.15, 0.2) is 109 Å². The molecule has 0 aromatic heterocycles. The second kappa shape index (κ2) is 11.4. The van der Waals surface area contributed by atoms with E-state index in [1.165, 1.54) is 37.7 Å². The van der Waals surface area contributed by atoms with Crippen molar-refractivity contribution in [2.45, 2.75) is 43.9 Å². The fourth-order valence-electron chi connectivity index (χ4n) is 6.35. The highest BCUT2D eigenvalue weighted by molar-refractivity contribution is 5.80. The lowest BCUT2D eigenvalue weighted by Crippen LogP contribution is -2.07. The van der Waals surface area contributed by atoms with Gasteiger partial charge in [0.1, 0.15) is 23.0 Å². The van der Waals surface area contributed by atoms with Crippen molar-refractivity contribution in [3.8, 4) is 45.3 Å². The number of rotatable bonds is 6. The van der Waals surface area contributed by atoms with Gasteiger partial charge in [0.05, 0.1) is 0 Å². The van der Waals surface area contributed by atoms with E-state index < -0.39 is 5.92 Å². The van der Waals surface area contributed by atoms with Crippen LogP contribution < -0.4 is 0 Å². The molecular formula is C37H34O4. The maximum Gasteiger partial charge on any atom is 0.127 e. The molecular weight excluding hydrogens is 508 g/mol. The van der Waals surface area contributed by atoms with Gasteiger partial charge in [0.2, 0.25) is 0 Å². The van der Waals surface area contributed by atoms with Crippen molar-refractivity contribution in [2.75, 3.05) is 0 Å². The summed E-state index contributed by atoms with van der Waals surface area (Å²) in [6, 6.07) is 33.5. The van der Waals surface area contributed by atoms with E-state index in [9.17, 15) is 20.4 Å². The van der Waals surface area contributed by atoms with E-state index in [0.717, 1.165) is 5.56 Å². The van der Waals surface area contributed by atoms with E-state index in [2.05, 4.69) is 24.3 Å². The molecule has 1 fully saturated rings. The Hall–Kier alpha value is -4.70. The predicted octanol–water partition coefficient (Wildman–Crippen LogP) is 9.07. The highest BCUT2D eigenvalue weighted by Crippen LogP contribution is 2.48. The molecule has 0 aliphatic heterocycles. The molecule has 0 heterocycles. The summed E-state index contributed by atoms with van der Waals surface area (Å²) in [5.41, 5.74) is 5.57. The van der Waals surface area contributed by atoms with Crippen LogP contribution in [0.3, 0.4) is 0 Å². The minimum Gasteiger partial charge on any atom is -0.507 e. The molecule has 0 amide bonds. The van der Waals surface area contributed by atoms with Crippen LogP contribution >= 0.6 is 0 Å². The van der Waals surface area contributed by atoms with Crippen molar-refractivity contribution >= 4 is 0 Å². The van der Waals surface area contributed by atoms with Crippen LogP contribution in [0.25, 0.3) is 22.3 Å². The van der Waals surface area contributed by atoms with Crippen LogP contribution in [-0.2, 0) is 0 Å². The van der Waals surface area contributed by atoms with Gasteiger partial charge in [-0.15, -0.1) is 0 Å². The summed E-state index contributed by atoms with van der Waals surface area (Å²) >= 11 is 0. The molecule has 1 aliphatic rings. The Morgan fingerprint density at radius 3 is 1.41 bits per heavy atom. The molecule has 41 heavy (non-hydrogen) atoms. The summed E-state index contributed by atoms with van der Waals surface area (Å²) < 4.78 is 0. The first kappa shape index (κ1) is 26.5. The van der Waals surface area contributed by atoms with Crippen molar-refractivity contribution in [1.82, 2.24) is 0 Å². The van der Waals surface area contributed by atoms with Gasteiger partial charge in [-0.25, -0.2) is 0 Å². The van der Waals surface area contributed by atoms with Gasteiger partial charge < -0.3 is 20.4 Å². The van der Waals surface area contributed by atoms with E-state index in [4.69, 9.17) is 0 Å². The van der Waals surface area contributed by atoms with E-state index in [1.807, 2.05) is 36.4 Å². The average molecular weight is 543 g/mol. The third-order valence-corrected chi connectivity index (χ3v) is 8.49. The fourth-order valence-corrected chi connectivity index (χ4v) is 6.35. The number of aromatic hydroxyl groups is 4. The quantitative estimate of drug-likeness (QED) is 0.161. The Morgan fingerprint density at radius 1 is 0.463 bits per heavy atom. The highest BCUT2D eigenvalue weighted by Gasteiger charge is 2.27. The molecule has 4 nitrogen and oxygen atoms in total. The SMILES string of the molecule is Oc1ccccc1-c1cccc(C(c2ccc(C3CCCCC3)cc2)c2cccc(-c3ccccc3O)c2O)c1O. The molecule has 206 valence electrons. The molecule has 0 unspecified atom stereocenters. The Balaban J connectivity index is 1.52. The van der Waals surface area contributed by atoms with Crippen LogP contribution in [0.2, 0.25) is 0 Å². The van der Waals surface area contributed by atoms with E-state index in [0.29, 0.717) is 39.3 Å². The molecule has 4 heteroatoms. The van der Waals surface area contributed by atoms with Crippen LogP contribution in [0, 0.1) is 0 Å². The van der Waals surface area contributed by atoms with Crippen LogP contribution in [-0.4, -0.2) is 20.4 Å². The first-order valence-electron chi connectivity index (χ1n) is 14.3. The molecule has 5 aromatic rings. The van der Waals surface area contributed by atoms with Crippen molar-refractivity contribution in [3.05, 3.63) is 131 Å². The number of hydrogen-bond donors (Lipinski definition) is 4. The Bertz CT molecular complexity index is 1570. The van der Waals surface area contributed by atoms with Gasteiger partial charge in [0.15, 0.2) is 0 Å². The summed E-state index contributed by atoms with van der Waals surface area (Å²) in [7, 11) is 0. The van der Waals surface area contributed by atoms with Crippen molar-refractivity contribution < 1.29 is 20.4 Å². The molecule has 1 saturated carbocycles. The molecule has 1 aliphatic carbocycles. The molecule has 4 N–H and O–H groups in total. The van der Waals surface area contributed by atoms with Gasteiger partial charge >= 0.3 is 0 Å². The van der Waals surface area contributed by atoms with Gasteiger partial charge in [0.25, 0.3) is 0 Å². The van der Waals surface area contributed by atoms with Gasteiger partial charge in [-0.1, -0.05) is 116 Å². The number of benzene rings is 5. The fraction of sp³-hybridized carbons (Fsp3) is 0.189. The summed E-state index contributed by atoms with van der Waals surface area (Å²) in [4.78, 5) is 0. The predicted molar refractivity (Wildman–Crippen MR) is 164 cm³/mol. The molecule has 0 saturated heterocycles. The molecule has 0 atom stereocenters. The monoisotopic (exact) mass is 542 g/mol. The van der Waals surface area contributed by atoms with E-state index in [-0.39, 0.29) is 23.0 Å². The zero-order chi connectivity index (χ0) is 28.3. The zero-order valence-electron chi connectivity index (χ0n) is 22.9. The second-order valence-corrected chi connectivity index (χ2v) is 11.0. The number of para-hydroxylation sites is 4. The number of hydrogen-bond acceptors (Lipinski definition) is 4. The van der Waals surface area contributed by atoms with E-state index >= 15 is 0 Å². The lowest BCUT2D eigenvalue weighted by atomic mass is 9.79. The maximum absolute atomic E-state index is 11.7. The first-order chi connectivity index (χ1) is 20.0. The molecule has 0 bridgehead atoms. The lowest BCUT2D eigenvalue weighted by molar-refractivity contribution is 0.443. The maximum atomic E-state index is 11.7. The van der Waals surface area contributed by atoms with Crippen molar-refractivity contribution in [1.29, 1.82) is 0 Å². The van der Waals surface area contributed by atoms with Crippen LogP contribution in [0.5, 0.6) is 23.0 Å². The third-order valence-electron chi connectivity index (χ3n) is 8.49. The van der Waals surface area contributed by atoms with Gasteiger partial charge in [0, 0.05) is 39.3 Å². The Kier molecular flexibility index (Phi) is 7.39.